The van der Waals surface area contributed by atoms with Crippen molar-refractivity contribution in [2.75, 3.05) is 34.0 Å². The van der Waals surface area contributed by atoms with Crippen LogP contribution in [0.4, 0.5) is 0 Å². The van der Waals surface area contributed by atoms with Crippen LogP contribution < -0.4 is 0 Å². The lowest BCUT2D eigenvalue weighted by Gasteiger charge is -2.51. The summed E-state index contributed by atoms with van der Waals surface area (Å²) in [6.45, 7) is 16.8. The van der Waals surface area contributed by atoms with Crippen LogP contribution in [0.25, 0.3) is 0 Å². The monoisotopic (exact) mass is 919 g/mol. The minimum Gasteiger partial charge on any atom is -0.462 e. The molecule has 7 aliphatic rings. The van der Waals surface area contributed by atoms with Gasteiger partial charge in [-0.15, -0.1) is 0 Å². The van der Waals surface area contributed by atoms with Gasteiger partial charge < -0.3 is 67.4 Å². The molecular formula is C50H78O15. The van der Waals surface area contributed by atoms with Gasteiger partial charge in [-0.05, 0) is 69.1 Å². The van der Waals surface area contributed by atoms with Crippen LogP contribution in [0.5, 0.6) is 0 Å². The summed E-state index contributed by atoms with van der Waals surface area (Å²) in [6, 6.07) is 0. The first kappa shape index (κ1) is 50.8. The minimum absolute atomic E-state index is 0.000614. The van der Waals surface area contributed by atoms with E-state index in [1.165, 1.54) is 0 Å². The number of esters is 1. The van der Waals surface area contributed by atoms with Crippen LogP contribution in [-0.4, -0.2) is 153 Å². The SMILES string of the molecule is CC[C@H](C)[C@H]1O[C@]2(CC[C@@H]1C)C[C@@H]1C[C@@H](C/C=C(\C)[C@@H](OCCO[C@@H]3C[C@H](OC)[C@@H](O[C@H]4C[C@H](OC)[C@@H](O)[C@H](C)O4)[C@H](C)O3)[C@@H](C)/C=C/C=C3\CO[C@@H]4[C@H](O)C(C)=C[C@@H](C(=O)O1)[C@]34O)O2. The van der Waals surface area contributed by atoms with Crippen molar-refractivity contribution < 1.29 is 72.2 Å². The Labute approximate surface area is 386 Å². The highest BCUT2D eigenvalue weighted by molar-refractivity contribution is 5.78. The Morgan fingerprint density at radius 2 is 1.63 bits per heavy atom. The van der Waals surface area contributed by atoms with Crippen molar-refractivity contribution in [3.8, 4) is 0 Å². The van der Waals surface area contributed by atoms with Crippen molar-refractivity contribution in [2.45, 2.75) is 204 Å². The molecule has 20 atom stereocenters. The standard InChI is InChI=1S/C50H78O15/c1-11-27(2)45-30(5)17-18-49(65-45)25-36-22-35(64-49)16-15-29(4)44(28(3)13-12-14-34-26-59-47-42(51)31(6)21-37(48(53)62-36)50(34,47)54)58-20-19-57-40-24-39(56-10)46(33(8)61-40)63-41-23-38(55-9)43(52)32(7)60-41/h12-15,21,27-28,30,32-33,35-47,51-52,54H,11,16-20,22-26H2,1-10H3/b13-12+,29-15+,34-14+/t27-,28-,30-,32-,33-,35+,36-,37-,38-,39-,40-,41-,42+,43-,44-,45+,46-,47+,49+,50+/m0/s1. The molecule has 6 aliphatic heterocycles. The molecule has 0 aromatic rings. The lowest BCUT2D eigenvalue weighted by Crippen LogP contribution is -2.58. The predicted octanol–water partition coefficient (Wildman–Crippen LogP) is 5.62. The maximum atomic E-state index is 14.3. The molecule has 0 saturated carbocycles. The number of aliphatic hydroxyl groups excluding tert-OH is 2. The molecule has 6 heterocycles. The van der Waals surface area contributed by atoms with Gasteiger partial charge in [0.05, 0.1) is 62.5 Å². The number of hydrogen-bond acceptors (Lipinski definition) is 15. The molecular weight excluding hydrogens is 841 g/mol. The van der Waals surface area contributed by atoms with E-state index in [9.17, 15) is 20.1 Å². The van der Waals surface area contributed by atoms with Crippen LogP contribution in [0.15, 0.2) is 47.1 Å². The molecule has 1 aliphatic carbocycles. The van der Waals surface area contributed by atoms with Crippen molar-refractivity contribution in [1.29, 1.82) is 0 Å². The van der Waals surface area contributed by atoms with Crippen molar-refractivity contribution >= 4 is 5.97 Å². The fraction of sp³-hybridized carbons (Fsp3) is 0.820. The Bertz CT molecular complexity index is 1730. The van der Waals surface area contributed by atoms with E-state index >= 15 is 0 Å². The lowest BCUT2D eigenvalue weighted by atomic mass is 9.71. The quantitative estimate of drug-likeness (QED) is 0.132. The Hall–Kier alpha value is -2.09. The second-order valence-electron chi connectivity index (χ2n) is 20.0. The molecule has 65 heavy (non-hydrogen) atoms. The van der Waals surface area contributed by atoms with Crippen LogP contribution in [0.3, 0.4) is 0 Å². The van der Waals surface area contributed by atoms with Gasteiger partial charge in [-0.25, -0.2) is 0 Å². The third kappa shape index (κ3) is 11.0. The molecule has 0 radical (unpaired) electrons. The second kappa shape index (κ2) is 21.7. The highest BCUT2D eigenvalue weighted by atomic mass is 16.7. The van der Waals surface area contributed by atoms with Gasteiger partial charge in [0.25, 0.3) is 0 Å². The Morgan fingerprint density at radius 3 is 2.37 bits per heavy atom. The molecule has 7 rings (SSSR count). The van der Waals surface area contributed by atoms with Crippen molar-refractivity contribution in [3.63, 3.8) is 0 Å². The van der Waals surface area contributed by atoms with Gasteiger partial charge in [0.2, 0.25) is 0 Å². The average molecular weight is 919 g/mol. The number of hydrogen-bond donors (Lipinski definition) is 3. The molecule has 0 amide bonds. The Balaban J connectivity index is 1.08. The molecule has 1 spiro atoms. The highest BCUT2D eigenvalue weighted by Crippen LogP contribution is 2.48. The van der Waals surface area contributed by atoms with Gasteiger partial charge in [0.15, 0.2) is 18.4 Å². The third-order valence-electron chi connectivity index (χ3n) is 15.3. The van der Waals surface area contributed by atoms with Crippen LogP contribution in [-0.2, 0) is 56.9 Å². The van der Waals surface area contributed by atoms with Gasteiger partial charge in [-0.2, -0.15) is 0 Å². The first-order valence-electron chi connectivity index (χ1n) is 24.2. The topological polar surface area (TPSA) is 179 Å². The second-order valence-corrected chi connectivity index (χ2v) is 20.0. The fourth-order valence-electron chi connectivity index (χ4n) is 11.2. The van der Waals surface area contributed by atoms with E-state index in [0.29, 0.717) is 61.5 Å². The lowest BCUT2D eigenvalue weighted by molar-refractivity contribution is -0.340. The van der Waals surface area contributed by atoms with Gasteiger partial charge in [0.1, 0.15) is 42.0 Å². The zero-order valence-corrected chi connectivity index (χ0v) is 40.3. The number of ether oxygens (including phenoxy) is 11. The van der Waals surface area contributed by atoms with E-state index in [0.717, 1.165) is 18.4 Å². The number of carbonyl (C=O) groups is 1. The first-order valence-corrected chi connectivity index (χ1v) is 24.2. The molecule has 2 bridgehead atoms. The smallest absolute Gasteiger partial charge is 0.316 e. The number of carbonyl (C=O) groups excluding carboxylic acids is 1. The van der Waals surface area contributed by atoms with Crippen LogP contribution >= 0.6 is 0 Å². The number of methoxy groups -OCH3 is 2. The molecule has 0 aromatic heterocycles. The third-order valence-corrected chi connectivity index (χ3v) is 15.3. The maximum absolute atomic E-state index is 14.3. The number of fused-ring (bicyclic) bond motifs is 2. The largest absolute Gasteiger partial charge is 0.462 e. The summed E-state index contributed by atoms with van der Waals surface area (Å²) in [5.74, 6) is -2.01. The van der Waals surface area contributed by atoms with E-state index in [1.807, 2.05) is 19.1 Å². The Kier molecular flexibility index (Phi) is 16.9. The maximum Gasteiger partial charge on any atom is 0.316 e. The summed E-state index contributed by atoms with van der Waals surface area (Å²) in [4.78, 5) is 14.3. The van der Waals surface area contributed by atoms with E-state index in [2.05, 4.69) is 40.7 Å². The minimum atomic E-state index is -1.81. The summed E-state index contributed by atoms with van der Waals surface area (Å²) in [5.41, 5.74) is 0.247. The van der Waals surface area contributed by atoms with E-state index in [4.69, 9.17) is 52.1 Å². The molecule has 5 fully saturated rings. The van der Waals surface area contributed by atoms with Crippen LogP contribution in [0.1, 0.15) is 107 Å². The van der Waals surface area contributed by atoms with Crippen molar-refractivity contribution in [3.05, 3.63) is 47.1 Å². The number of aliphatic hydroxyl groups is 3. The summed E-state index contributed by atoms with van der Waals surface area (Å²) >= 11 is 0. The summed E-state index contributed by atoms with van der Waals surface area (Å²) in [6.07, 6.45) is 7.12. The van der Waals surface area contributed by atoms with Gasteiger partial charge in [-0.3, -0.25) is 4.79 Å². The van der Waals surface area contributed by atoms with Gasteiger partial charge in [0, 0.05) is 52.2 Å². The average Bonchev–Trinajstić information content (AvgIpc) is 3.62. The van der Waals surface area contributed by atoms with E-state index < -0.39 is 78.6 Å². The van der Waals surface area contributed by atoms with E-state index in [1.54, 1.807) is 40.2 Å². The highest BCUT2D eigenvalue weighted by Gasteiger charge is 2.60. The van der Waals surface area contributed by atoms with Gasteiger partial charge >= 0.3 is 5.97 Å². The number of allylic oxidation sites excluding steroid dienone is 2. The van der Waals surface area contributed by atoms with Crippen LogP contribution in [0.2, 0.25) is 0 Å². The molecule has 15 nitrogen and oxygen atoms in total. The number of rotatable bonds is 11. The van der Waals surface area contributed by atoms with Crippen molar-refractivity contribution in [1.82, 2.24) is 0 Å². The zero-order valence-electron chi connectivity index (χ0n) is 40.3. The predicted molar refractivity (Wildman–Crippen MR) is 238 cm³/mol. The molecule has 0 unspecified atom stereocenters. The summed E-state index contributed by atoms with van der Waals surface area (Å²) in [5, 5.41) is 34.1. The Morgan fingerprint density at radius 1 is 0.908 bits per heavy atom. The molecule has 15 heteroatoms. The molecule has 5 saturated heterocycles. The summed E-state index contributed by atoms with van der Waals surface area (Å²) in [7, 11) is 3.22. The molecule has 3 N–H and O–H groups in total. The van der Waals surface area contributed by atoms with Crippen molar-refractivity contribution in [2.24, 2.45) is 23.7 Å². The van der Waals surface area contributed by atoms with E-state index in [-0.39, 0.29) is 56.3 Å². The van der Waals surface area contributed by atoms with Gasteiger partial charge in [-0.1, -0.05) is 64.5 Å². The fourth-order valence-corrected chi connectivity index (χ4v) is 11.2. The first-order chi connectivity index (χ1) is 31.0. The molecule has 0 aromatic carbocycles. The zero-order chi connectivity index (χ0) is 46.8. The molecule has 368 valence electrons. The normalized spacial score (nSPS) is 47.7. The van der Waals surface area contributed by atoms with Crippen LogP contribution in [0, 0.1) is 23.7 Å². The summed E-state index contributed by atoms with van der Waals surface area (Å²) < 4.78 is 69.3.